The maximum absolute atomic E-state index is 11.1. The maximum Gasteiger partial charge on any atom is 0.310 e. The lowest BCUT2D eigenvalue weighted by molar-refractivity contribution is -0.143. The normalized spacial score (nSPS) is 16.2. The Morgan fingerprint density at radius 2 is 1.95 bits per heavy atom. The van der Waals surface area contributed by atoms with E-state index < -0.39 is 11.4 Å². The van der Waals surface area contributed by atoms with Crippen molar-refractivity contribution in [2.75, 3.05) is 13.7 Å². The van der Waals surface area contributed by atoms with Gasteiger partial charge >= 0.3 is 5.97 Å². The van der Waals surface area contributed by atoms with Crippen LogP contribution in [0.2, 0.25) is 0 Å². The molecule has 2 N–H and O–H groups in total. The van der Waals surface area contributed by atoms with E-state index in [1.54, 1.807) is 7.11 Å². The molecule has 0 atom stereocenters. The first kappa shape index (κ1) is 13.9. The molecule has 1 aliphatic carbocycles. The summed E-state index contributed by atoms with van der Waals surface area (Å²) in [5.41, 5.74) is 2.88. The first-order valence-corrected chi connectivity index (χ1v) is 6.57. The van der Waals surface area contributed by atoms with Crippen molar-refractivity contribution < 1.29 is 14.6 Å². The molecule has 1 saturated carbocycles. The van der Waals surface area contributed by atoms with E-state index in [-0.39, 0.29) is 0 Å². The van der Waals surface area contributed by atoms with E-state index in [1.807, 2.05) is 13.8 Å². The first-order chi connectivity index (χ1) is 8.98. The summed E-state index contributed by atoms with van der Waals surface area (Å²) in [5, 5.41) is 12.4. The molecular weight excluding hydrogens is 242 g/mol. The van der Waals surface area contributed by atoms with E-state index in [0.717, 1.165) is 35.3 Å². The quantitative estimate of drug-likeness (QED) is 0.826. The van der Waals surface area contributed by atoms with Crippen LogP contribution in [0.4, 0.5) is 0 Å². The summed E-state index contributed by atoms with van der Waals surface area (Å²) >= 11 is 0. The predicted octanol–water partition coefficient (Wildman–Crippen LogP) is 2.27. The summed E-state index contributed by atoms with van der Waals surface area (Å²) in [6.07, 6.45) is 1.58. The van der Waals surface area contributed by atoms with Gasteiger partial charge in [0, 0.05) is 13.1 Å². The fourth-order valence-electron chi connectivity index (χ4n) is 2.53. The van der Waals surface area contributed by atoms with Crippen LogP contribution in [0.5, 0.6) is 5.75 Å². The van der Waals surface area contributed by atoms with Crippen molar-refractivity contribution in [2.24, 2.45) is 5.41 Å². The molecule has 0 bridgehead atoms. The zero-order chi connectivity index (χ0) is 14.0. The highest BCUT2D eigenvalue weighted by atomic mass is 16.5. The average molecular weight is 263 g/mol. The van der Waals surface area contributed by atoms with Gasteiger partial charge in [0.25, 0.3) is 0 Å². The molecule has 1 fully saturated rings. The largest absolute Gasteiger partial charge is 0.496 e. The van der Waals surface area contributed by atoms with Gasteiger partial charge in [-0.2, -0.15) is 0 Å². The molecule has 0 spiro atoms. The molecule has 0 unspecified atom stereocenters. The minimum absolute atomic E-state index is 0.503. The third-order valence-corrected chi connectivity index (χ3v) is 3.82. The van der Waals surface area contributed by atoms with Gasteiger partial charge in [-0.1, -0.05) is 12.1 Å². The zero-order valence-electron chi connectivity index (χ0n) is 11.7. The number of methoxy groups -OCH3 is 1. The van der Waals surface area contributed by atoms with Crippen LogP contribution in [0.3, 0.4) is 0 Å². The summed E-state index contributed by atoms with van der Waals surface area (Å²) in [7, 11) is 1.68. The summed E-state index contributed by atoms with van der Waals surface area (Å²) < 4.78 is 5.33. The molecule has 1 aromatic rings. The van der Waals surface area contributed by atoms with E-state index >= 15 is 0 Å². The van der Waals surface area contributed by atoms with E-state index in [2.05, 4.69) is 17.4 Å². The van der Waals surface area contributed by atoms with Gasteiger partial charge in [-0.05, 0) is 43.4 Å². The molecule has 4 nitrogen and oxygen atoms in total. The Labute approximate surface area is 113 Å². The second kappa shape index (κ2) is 5.21. The monoisotopic (exact) mass is 263 g/mol. The number of aliphatic carboxylic acids is 1. The van der Waals surface area contributed by atoms with E-state index in [1.165, 1.54) is 0 Å². The minimum atomic E-state index is -0.679. The third-order valence-electron chi connectivity index (χ3n) is 3.82. The van der Waals surface area contributed by atoms with Gasteiger partial charge in [0.15, 0.2) is 0 Å². The SMILES string of the molecule is COc1c(C)cc(CNCC2(C(=O)O)CC2)cc1C. The van der Waals surface area contributed by atoms with Crippen LogP contribution in [0.1, 0.15) is 29.5 Å². The Kier molecular flexibility index (Phi) is 3.80. The summed E-state index contributed by atoms with van der Waals surface area (Å²) in [6.45, 7) is 5.29. The van der Waals surface area contributed by atoms with Crippen LogP contribution in [0, 0.1) is 19.3 Å². The van der Waals surface area contributed by atoms with Crippen molar-refractivity contribution in [2.45, 2.75) is 33.2 Å². The number of benzene rings is 1. The zero-order valence-corrected chi connectivity index (χ0v) is 11.7. The highest BCUT2D eigenvalue weighted by Crippen LogP contribution is 2.45. The molecule has 4 heteroatoms. The van der Waals surface area contributed by atoms with Crippen LogP contribution in [-0.4, -0.2) is 24.7 Å². The van der Waals surface area contributed by atoms with Crippen LogP contribution in [0.15, 0.2) is 12.1 Å². The van der Waals surface area contributed by atoms with Crippen LogP contribution in [0.25, 0.3) is 0 Å². The van der Waals surface area contributed by atoms with Gasteiger partial charge in [0.2, 0.25) is 0 Å². The van der Waals surface area contributed by atoms with Gasteiger partial charge in [0.05, 0.1) is 12.5 Å². The maximum atomic E-state index is 11.1. The first-order valence-electron chi connectivity index (χ1n) is 6.57. The van der Waals surface area contributed by atoms with Gasteiger partial charge in [-0.25, -0.2) is 0 Å². The number of carboxylic acids is 1. The van der Waals surface area contributed by atoms with Crippen LogP contribution in [-0.2, 0) is 11.3 Å². The Morgan fingerprint density at radius 1 is 1.37 bits per heavy atom. The standard InChI is InChI=1S/C15H21NO3/c1-10-6-12(7-11(2)13(10)19-3)8-16-9-15(4-5-15)14(17)18/h6-7,16H,4-5,8-9H2,1-3H3,(H,17,18). The molecule has 2 rings (SSSR count). The molecule has 1 aliphatic rings. The van der Waals surface area contributed by atoms with Crippen LogP contribution < -0.4 is 10.1 Å². The second-order valence-electron chi connectivity index (χ2n) is 5.45. The smallest absolute Gasteiger partial charge is 0.310 e. The number of carbonyl (C=O) groups is 1. The van der Waals surface area contributed by atoms with E-state index in [0.29, 0.717) is 13.1 Å². The fraction of sp³-hybridized carbons (Fsp3) is 0.533. The summed E-state index contributed by atoms with van der Waals surface area (Å²) in [6, 6.07) is 4.17. The van der Waals surface area contributed by atoms with Crippen molar-refractivity contribution in [3.05, 3.63) is 28.8 Å². The molecule has 0 saturated heterocycles. The van der Waals surface area contributed by atoms with Gasteiger partial charge in [-0.3, -0.25) is 4.79 Å². The average Bonchev–Trinajstić information content (AvgIpc) is 3.10. The molecule has 19 heavy (non-hydrogen) atoms. The molecular formula is C15H21NO3. The topological polar surface area (TPSA) is 58.6 Å². The molecule has 0 amide bonds. The lowest BCUT2D eigenvalue weighted by atomic mass is 10.0. The van der Waals surface area contributed by atoms with Gasteiger partial charge in [-0.15, -0.1) is 0 Å². The fourth-order valence-corrected chi connectivity index (χ4v) is 2.53. The molecule has 0 radical (unpaired) electrons. The molecule has 0 heterocycles. The highest BCUT2D eigenvalue weighted by molar-refractivity contribution is 5.78. The Morgan fingerprint density at radius 3 is 2.37 bits per heavy atom. The summed E-state index contributed by atoms with van der Waals surface area (Å²) in [4.78, 5) is 11.1. The number of ether oxygens (including phenoxy) is 1. The van der Waals surface area contributed by atoms with E-state index in [4.69, 9.17) is 9.84 Å². The van der Waals surface area contributed by atoms with Gasteiger partial charge in [0.1, 0.15) is 5.75 Å². The predicted molar refractivity (Wildman–Crippen MR) is 73.5 cm³/mol. The number of carboxylic acid groups (broad SMARTS) is 1. The highest BCUT2D eigenvalue weighted by Gasteiger charge is 2.49. The second-order valence-corrected chi connectivity index (χ2v) is 5.45. The lowest BCUT2D eigenvalue weighted by Gasteiger charge is -2.14. The lowest BCUT2D eigenvalue weighted by Crippen LogP contribution is -2.29. The Bertz CT molecular complexity index is 469. The number of rotatable bonds is 6. The Hall–Kier alpha value is -1.55. The number of aryl methyl sites for hydroxylation is 2. The third kappa shape index (κ3) is 2.89. The Balaban J connectivity index is 1.95. The van der Waals surface area contributed by atoms with Crippen LogP contribution >= 0.6 is 0 Å². The van der Waals surface area contributed by atoms with Crippen molar-refractivity contribution >= 4 is 5.97 Å². The molecule has 104 valence electrons. The van der Waals surface area contributed by atoms with Gasteiger partial charge < -0.3 is 15.2 Å². The van der Waals surface area contributed by atoms with E-state index in [9.17, 15) is 4.79 Å². The van der Waals surface area contributed by atoms with Crippen molar-refractivity contribution in [1.29, 1.82) is 0 Å². The molecule has 0 aromatic heterocycles. The van der Waals surface area contributed by atoms with Crippen molar-refractivity contribution in [3.63, 3.8) is 0 Å². The van der Waals surface area contributed by atoms with Crippen molar-refractivity contribution in [1.82, 2.24) is 5.32 Å². The summed E-state index contributed by atoms with van der Waals surface area (Å²) in [5.74, 6) is 0.245. The number of hydrogen-bond donors (Lipinski definition) is 2. The van der Waals surface area contributed by atoms with Crippen molar-refractivity contribution in [3.8, 4) is 5.75 Å². The molecule has 0 aliphatic heterocycles. The molecule has 1 aromatic carbocycles. The number of nitrogens with one attached hydrogen (secondary N) is 1. The number of hydrogen-bond acceptors (Lipinski definition) is 3. The minimum Gasteiger partial charge on any atom is -0.496 e.